The molecule has 0 aliphatic heterocycles. The van der Waals surface area contributed by atoms with Crippen LogP contribution in [0.4, 0.5) is 0 Å². The summed E-state index contributed by atoms with van der Waals surface area (Å²) in [5.41, 5.74) is 14.2. The van der Waals surface area contributed by atoms with Gasteiger partial charge in [-0.05, 0) is 13.0 Å². The molecule has 0 aromatic rings. The molecule has 0 atom stereocenters. The number of nitrogens with two attached hydrogens (primary N) is 3. The lowest BCUT2D eigenvalue weighted by atomic mass is 9.86. The van der Waals surface area contributed by atoms with Crippen molar-refractivity contribution in [3.05, 3.63) is 0 Å². The first-order valence-corrected chi connectivity index (χ1v) is 2.13. The van der Waals surface area contributed by atoms with E-state index in [0.29, 0.717) is 13.0 Å². The smallest absolute Gasteiger partial charge is 0.116 e. The first-order valence-electron chi connectivity index (χ1n) is 2.13. The van der Waals surface area contributed by atoms with Gasteiger partial charge < -0.3 is 17.2 Å². The SMILES string of the molecule is [B]C(N)(N)CCN. The van der Waals surface area contributed by atoms with Gasteiger partial charge in [-0.1, -0.05) is 0 Å². The molecule has 3 nitrogen and oxygen atoms in total. The van der Waals surface area contributed by atoms with Crippen LogP contribution in [0.25, 0.3) is 0 Å². The molecule has 0 aliphatic carbocycles. The average molecular weight is 98.9 g/mol. The molecule has 0 aromatic heterocycles. The van der Waals surface area contributed by atoms with Gasteiger partial charge >= 0.3 is 0 Å². The third kappa shape index (κ3) is 5.94. The summed E-state index contributed by atoms with van der Waals surface area (Å²) in [5, 5.41) is 0. The summed E-state index contributed by atoms with van der Waals surface area (Å²) < 4.78 is 0. The molecule has 4 heteroatoms. The predicted octanol–water partition coefficient (Wildman–Crippen LogP) is -1.93. The molecule has 2 radical (unpaired) electrons. The normalized spacial score (nSPS) is 11.9. The minimum Gasteiger partial charge on any atom is -0.330 e. The largest absolute Gasteiger partial charge is 0.330 e. The van der Waals surface area contributed by atoms with Crippen molar-refractivity contribution in [2.75, 3.05) is 6.54 Å². The lowest BCUT2D eigenvalue weighted by Crippen LogP contribution is -2.51. The van der Waals surface area contributed by atoms with E-state index in [-0.39, 0.29) is 0 Å². The van der Waals surface area contributed by atoms with E-state index >= 15 is 0 Å². The van der Waals surface area contributed by atoms with Crippen molar-refractivity contribution in [3.8, 4) is 0 Å². The summed E-state index contributed by atoms with van der Waals surface area (Å²) in [5.74, 6) is 0. The molecule has 0 aliphatic rings. The van der Waals surface area contributed by atoms with E-state index in [2.05, 4.69) is 0 Å². The third-order valence-electron chi connectivity index (χ3n) is 0.577. The lowest BCUT2D eigenvalue weighted by Gasteiger charge is -2.16. The number of hydrogen-bond donors (Lipinski definition) is 3. The van der Waals surface area contributed by atoms with Crippen molar-refractivity contribution in [1.29, 1.82) is 0 Å². The van der Waals surface area contributed by atoms with Crippen LogP contribution in [0.1, 0.15) is 6.42 Å². The van der Waals surface area contributed by atoms with Gasteiger partial charge in [-0.3, -0.25) is 0 Å². The molecule has 0 aromatic carbocycles. The Kier molecular flexibility index (Phi) is 2.28. The van der Waals surface area contributed by atoms with Crippen LogP contribution in [-0.4, -0.2) is 20.0 Å². The first-order chi connectivity index (χ1) is 3.06. The van der Waals surface area contributed by atoms with Gasteiger partial charge in [0.1, 0.15) is 7.85 Å². The molecule has 7 heavy (non-hydrogen) atoms. The molecular weight excluding hydrogens is 88.9 g/mol. The van der Waals surface area contributed by atoms with Crippen molar-refractivity contribution in [3.63, 3.8) is 0 Å². The van der Waals surface area contributed by atoms with Crippen LogP contribution in [0.3, 0.4) is 0 Å². The molecular formula is C3H10BN3. The van der Waals surface area contributed by atoms with E-state index in [9.17, 15) is 0 Å². The quantitative estimate of drug-likeness (QED) is 0.279. The molecule has 0 spiro atoms. The van der Waals surface area contributed by atoms with Gasteiger partial charge in [-0.2, -0.15) is 0 Å². The van der Waals surface area contributed by atoms with Gasteiger partial charge in [0.25, 0.3) is 0 Å². The van der Waals surface area contributed by atoms with Gasteiger partial charge in [-0.15, -0.1) is 0 Å². The monoisotopic (exact) mass is 99.1 g/mol. The summed E-state index contributed by atoms with van der Waals surface area (Å²) in [6, 6.07) is 0. The Morgan fingerprint density at radius 2 is 1.86 bits per heavy atom. The Morgan fingerprint density at radius 1 is 1.43 bits per heavy atom. The highest BCUT2D eigenvalue weighted by Crippen LogP contribution is 1.85. The van der Waals surface area contributed by atoms with Gasteiger partial charge in [0.05, 0.1) is 0 Å². The van der Waals surface area contributed by atoms with Gasteiger partial charge in [0, 0.05) is 5.56 Å². The fourth-order valence-corrected chi connectivity index (χ4v) is 0.250. The van der Waals surface area contributed by atoms with Crippen LogP contribution in [0, 0.1) is 0 Å². The Bertz CT molecular complexity index is 48.6. The van der Waals surface area contributed by atoms with E-state index in [1.165, 1.54) is 0 Å². The fraction of sp³-hybridized carbons (Fsp3) is 1.00. The number of rotatable bonds is 2. The highest BCUT2D eigenvalue weighted by Gasteiger charge is 2.06. The highest BCUT2D eigenvalue weighted by molar-refractivity contribution is 6.14. The van der Waals surface area contributed by atoms with E-state index in [1.807, 2.05) is 0 Å². The van der Waals surface area contributed by atoms with E-state index in [1.54, 1.807) is 0 Å². The van der Waals surface area contributed by atoms with Crippen molar-refractivity contribution in [2.45, 2.75) is 12.0 Å². The van der Waals surface area contributed by atoms with Gasteiger partial charge in [-0.25, -0.2) is 0 Å². The maximum absolute atomic E-state index is 5.12. The average Bonchev–Trinajstić information content (AvgIpc) is 1.30. The molecule has 0 amide bonds. The van der Waals surface area contributed by atoms with Gasteiger partial charge in [0.15, 0.2) is 0 Å². The maximum atomic E-state index is 5.12. The molecule has 0 unspecified atom stereocenters. The lowest BCUT2D eigenvalue weighted by molar-refractivity contribution is 0.579. The molecule has 0 fully saturated rings. The number of hydrogen-bond acceptors (Lipinski definition) is 3. The van der Waals surface area contributed by atoms with E-state index in [0.717, 1.165) is 0 Å². The Labute approximate surface area is 44.6 Å². The van der Waals surface area contributed by atoms with Crippen LogP contribution >= 0.6 is 0 Å². The summed E-state index contributed by atoms with van der Waals surface area (Å²) in [4.78, 5) is 0. The zero-order chi connectivity index (χ0) is 5.91. The van der Waals surface area contributed by atoms with Crippen LogP contribution in [0.2, 0.25) is 0 Å². The Hall–Kier alpha value is -0.0551. The minimum absolute atomic E-state index is 0.434. The van der Waals surface area contributed by atoms with Crippen LogP contribution in [-0.2, 0) is 0 Å². The second-order valence-electron chi connectivity index (χ2n) is 1.65. The second-order valence-corrected chi connectivity index (χ2v) is 1.65. The van der Waals surface area contributed by atoms with Crippen molar-refractivity contribution in [1.82, 2.24) is 0 Å². The molecule has 0 rings (SSSR count). The van der Waals surface area contributed by atoms with Crippen molar-refractivity contribution in [2.24, 2.45) is 17.2 Å². The molecule has 6 N–H and O–H groups in total. The van der Waals surface area contributed by atoms with Crippen molar-refractivity contribution >= 4 is 7.85 Å². The molecule has 0 saturated carbocycles. The molecule has 40 valence electrons. The minimum atomic E-state index is -1.07. The second kappa shape index (κ2) is 2.30. The summed E-state index contributed by atoms with van der Waals surface area (Å²) >= 11 is 0. The third-order valence-corrected chi connectivity index (χ3v) is 0.577. The maximum Gasteiger partial charge on any atom is 0.116 e. The standard InChI is InChI=1S/C3H10BN3/c4-3(6,7)1-2-5/h1-2,5-7H2. The summed E-state index contributed by atoms with van der Waals surface area (Å²) in [6.45, 7) is 0.434. The summed E-state index contributed by atoms with van der Waals surface area (Å²) in [6.07, 6.45) is 0.451. The fourth-order valence-electron chi connectivity index (χ4n) is 0.250. The van der Waals surface area contributed by atoms with Crippen LogP contribution in [0.5, 0.6) is 0 Å². The summed E-state index contributed by atoms with van der Waals surface area (Å²) in [7, 11) is 5.12. The first kappa shape index (κ1) is 6.94. The topological polar surface area (TPSA) is 78.1 Å². The molecule has 0 heterocycles. The Morgan fingerprint density at radius 3 is 1.86 bits per heavy atom. The van der Waals surface area contributed by atoms with Crippen LogP contribution in [0.15, 0.2) is 0 Å². The van der Waals surface area contributed by atoms with E-state index in [4.69, 9.17) is 25.0 Å². The van der Waals surface area contributed by atoms with E-state index < -0.39 is 5.56 Å². The van der Waals surface area contributed by atoms with Crippen LogP contribution < -0.4 is 17.2 Å². The molecule has 0 bridgehead atoms. The zero-order valence-corrected chi connectivity index (χ0v) is 4.22. The predicted molar refractivity (Wildman–Crippen MR) is 30.5 cm³/mol. The Balaban J connectivity index is 3.15. The molecule has 0 saturated heterocycles. The van der Waals surface area contributed by atoms with Gasteiger partial charge in [0.2, 0.25) is 0 Å². The zero-order valence-electron chi connectivity index (χ0n) is 4.22. The highest BCUT2D eigenvalue weighted by atomic mass is 14.9. The van der Waals surface area contributed by atoms with Crippen molar-refractivity contribution < 1.29 is 0 Å².